The molecule has 4 nitrogen and oxygen atoms in total. The van der Waals surface area contributed by atoms with Gasteiger partial charge in [0.15, 0.2) is 0 Å². The lowest BCUT2D eigenvalue weighted by atomic mass is 10.1. The van der Waals surface area contributed by atoms with Crippen LogP contribution in [0.5, 0.6) is 5.75 Å². The Hall–Kier alpha value is -2.20. The molecule has 2 aromatic rings. The average molecular weight is 333 g/mol. The highest BCUT2D eigenvalue weighted by Gasteiger charge is 2.08. The van der Waals surface area contributed by atoms with Gasteiger partial charge in [-0.25, -0.2) is 0 Å². The molecule has 0 aromatic heterocycles. The lowest BCUT2D eigenvalue weighted by Gasteiger charge is -2.13. The summed E-state index contributed by atoms with van der Waals surface area (Å²) in [5.41, 5.74) is 3.63. The fourth-order valence-electron chi connectivity index (χ4n) is 2.31. The van der Waals surface area contributed by atoms with Crippen molar-refractivity contribution in [3.8, 4) is 5.75 Å². The van der Waals surface area contributed by atoms with Crippen molar-refractivity contribution >= 4 is 28.9 Å². The molecule has 2 aromatic carbocycles. The molecule has 0 aliphatic carbocycles. The minimum Gasteiger partial charge on any atom is -0.494 e. The topological polar surface area (TPSA) is 50.4 Å². The van der Waals surface area contributed by atoms with Crippen molar-refractivity contribution in [2.75, 3.05) is 23.8 Å². The quantitative estimate of drug-likeness (QED) is 0.824. The largest absolute Gasteiger partial charge is 0.494 e. The summed E-state index contributed by atoms with van der Waals surface area (Å²) in [4.78, 5) is 12.0. The van der Waals surface area contributed by atoms with Gasteiger partial charge in [0.25, 0.3) is 0 Å². The van der Waals surface area contributed by atoms with E-state index in [2.05, 4.69) is 10.6 Å². The molecule has 0 fully saturated rings. The summed E-state index contributed by atoms with van der Waals surface area (Å²) in [5.74, 6) is 0.649. The Morgan fingerprint density at radius 1 is 1.17 bits per heavy atom. The second kappa shape index (κ2) is 7.88. The summed E-state index contributed by atoms with van der Waals surface area (Å²) in [7, 11) is 0. The SMILES string of the molecule is CCOc1ccc(NC(=O)CNc2c(C)cc(C)cc2Cl)cc1. The van der Waals surface area contributed by atoms with Gasteiger partial charge in [0.05, 0.1) is 23.9 Å². The molecular formula is C18H21ClN2O2. The third-order valence-electron chi connectivity index (χ3n) is 3.31. The monoisotopic (exact) mass is 332 g/mol. The Labute approximate surface area is 141 Å². The third-order valence-corrected chi connectivity index (χ3v) is 3.60. The molecule has 2 N–H and O–H groups in total. The number of rotatable bonds is 6. The molecule has 0 saturated carbocycles. The minimum atomic E-state index is -0.134. The number of anilines is 2. The Morgan fingerprint density at radius 3 is 2.48 bits per heavy atom. The highest BCUT2D eigenvalue weighted by atomic mass is 35.5. The molecule has 0 aliphatic rings. The second-order valence-corrected chi connectivity index (χ2v) is 5.70. The van der Waals surface area contributed by atoms with Crippen molar-refractivity contribution in [2.45, 2.75) is 20.8 Å². The van der Waals surface area contributed by atoms with E-state index < -0.39 is 0 Å². The zero-order chi connectivity index (χ0) is 16.8. The van der Waals surface area contributed by atoms with E-state index in [4.69, 9.17) is 16.3 Å². The van der Waals surface area contributed by atoms with E-state index in [0.29, 0.717) is 11.6 Å². The minimum absolute atomic E-state index is 0.134. The van der Waals surface area contributed by atoms with E-state index in [1.165, 1.54) is 0 Å². The van der Waals surface area contributed by atoms with Crippen LogP contribution in [0.25, 0.3) is 0 Å². The second-order valence-electron chi connectivity index (χ2n) is 5.30. The first kappa shape index (κ1) is 17.2. The fraction of sp³-hybridized carbons (Fsp3) is 0.278. The number of benzene rings is 2. The standard InChI is InChI=1S/C18H21ClN2O2/c1-4-23-15-7-5-14(6-8-15)21-17(22)11-20-18-13(3)9-12(2)10-16(18)19/h5-10,20H,4,11H2,1-3H3,(H,21,22). The predicted octanol–water partition coefficient (Wildman–Crippen LogP) is 4.41. The van der Waals surface area contributed by atoms with Gasteiger partial charge in [-0.05, 0) is 62.2 Å². The molecule has 0 unspecified atom stereocenters. The molecular weight excluding hydrogens is 312 g/mol. The van der Waals surface area contributed by atoms with Crippen LogP contribution in [0.2, 0.25) is 5.02 Å². The maximum Gasteiger partial charge on any atom is 0.243 e. The van der Waals surface area contributed by atoms with Gasteiger partial charge >= 0.3 is 0 Å². The lowest BCUT2D eigenvalue weighted by Crippen LogP contribution is -2.22. The summed E-state index contributed by atoms with van der Waals surface area (Å²) in [6.07, 6.45) is 0. The molecule has 0 aliphatic heterocycles. The third kappa shape index (κ3) is 4.89. The number of nitrogens with one attached hydrogen (secondary N) is 2. The van der Waals surface area contributed by atoms with Crippen LogP contribution >= 0.6 is 11.6 Å². The maximum atomic E-state index is 12.0. The highest BCUT2D eigenvalue weighted by Crippen LogP contribution is 2.27. The molecule has 2 rings (SSSR count). The van der Waals surface area contributed by atoms with Crippen molar-refractivity contribution in [1.29, 1.82) is 0 Å². The molecule has 0 spiro atoms. The molecule has 23 heavy (non-hydrogen) atoms. The Kier molecular flexibility index (Phi) is 5.88. The summed E-state index contributed by atoms with van der Waals surface area (Å²) >= 11 is 6.22. The van der Waals surface area contributed by atoms with Crippen LogP contribution in [0, 0.1) is 13.8 Å². The van der Waals surface area contributed by atoms with Crippen LogP contribution in [0.15, 0.2) is 36.4 Å². The summed E-state index contributed by atoms with van der Waals surface area (Å²) in [6, 6.07) is 11.2. The number of amides is 1. The molecule has 1 amide bonds. The van der Waals surface area contributed by atoms with Crippen LogP contribution in [-0.4, -0.2) is 19.1 Å². The molecule has 122 valence electrons. The molecule has 5 heteroatoms. The lowest BCUT2D eigenvalue weighted by molar-refractivity contribution is -0.114. The maximum absolute atomic E-state index is 12.0. The van der Waals surface area contributed by atoms with Crippen LogP contribution < -0.4 is 15.4 Å². The first-order chi connectivity index (χ1) is 11.0. The van der Waals surface area contributed by atoms with Crippen LogP contribution in [-0.2, 0) is 4.79 Å². The number of carbonyl (C=O) groups is 1. The van der Waals surface area contributed by atoms with Gasteiger partial charge in [0, 0.05) is 5.69 Å². The van der Waals surface area contributed by atoms with Crippen LogP contribution in [0.1, 0.15) is 18.1 Å². The average Bonchev–Trinajstić information content (AvgIpc) is 2.48. The summed E-state index contributed by atoms with van der Waals surface area (Å²) < 4.78 is 5.37. The number of hydrogen-bond acceptors (Lipinski definition) is 3. The van der Waals surface area contributed by atoms with E-state index in [1.807, 2.05) is 57.2 Å². The molecule has 0 atom stereocenters. The van der Waals surface area contributed by atoms with E-state index in [1.54, 1.807) is 0 Å². The zero-order valence-electron chi connectivity index (χ0n) is 13.6. The Balaban J connectivity index is 1.93. The van der Waals surface area contributed by atoms with Gasteiger partial charge in [0.1, 0.15) is 5.75 Å². The number of ether oxygens (including phenoxy) is 1. The number of hydrogen-bond donors (Lipinski definition) is 2. The van der Waals surface area contributed by atoms with E-state index in [0.717, 1.165) is 28.3 Å². The Morgan fingerprint density at radius 2 is 1.87 bits per heavy atom. The first-order valence-corrected chi connectivity index (χ1v) is 7.90. The van der Waals surface area contributed by atoms with Crippen LogP contribution in [0.4, 0.5) is 11.4 Å². The fourth-order valence-corrected chi connectivity index (χ4v) is 2.70. The molecule has 0 bridgehead atoms. The van der Waals surface area contributed by atoms with Crippen molar-refractivity contribution in [2.24, 2.45) is 0 Å². The highest BCUT2D eigenvalue weighted by molar-refractivity contribution is 6.33. The predicted molar refractivity (Wildman–Crippen MR) is 95.7 cm³/mol. The first-order valence-electron chi connectivity index (χ1n) is 7.53. The van der Waals surface area contributed by atoms with E-state index in [9.17, 15) is 4.79 Å². The van der Waals surface area contributed by atoms with Crippen LogP contribution in [0.3, 0.4) is 0 Å². The Bertz CT molecular complexity index is 661. The van der Waals surface area contributed by atoms with Crippen molar-refractivity contribution in [3.63, 3.8) is 0 Å². The van der Waals surface area contributed by atoms with Gasteiger partial charge in [-0.3, -0.25) is 4.79 Å². The van der Waals surface area contributed by atoms with Crippen molar-refractivity contribution < 1.29 is 9.53 Å². The van der Waals surface area contributed by atoms with Crippen molar-refractivity contribution in [3.05, 3.63) is 52.5 Å². The summed E-state index contributed by atoms with van der Waals surface area (Å²) in [5, 5.41) is 6.54. The van der Waals surface area contributed by atoms with E-state index in [-0.39, 0.29) is 12.5 Å². The van der Waals surface area contributed by atoms with Gasteiger partial charge in [-0.2, -0.15) is 0 Å². The summed E-state index contributed by atoms with van der Waals surface area (Å²) in [6.45, 7) is 6.65. The van der Waals surface area contributed by atoms with Gasteiger partial charge in [-0.1, -0.05) is 17.7 Å². The molecule has 0 saturated heterocycles. The van der Waals surface area contributed by atoms with E-state index >= 15 is 0 Å². The number of halogens is 1. The molecule has 0 heterocycles. The van der Waals surface area contributed by atoms with Gasteiger partial charge in [-0.15, -0.1) is 0 Å². The molecule has 0 radical (unpaired) electrons. The van der Waals surface area contributed by atoms with Gasteiger partial charge in [0.2, 0.25) is 5.91 Å². The zero-order valence-corrected chi connectivity index (χ0v) is 14.3. The number of carbonyl (C=O) groups excluding carboxylic acids is 1. The van der Waals surface area contributed by atoms with Gasteiger partial charge < -0.3 is 15.4 Å². The normalized spacial score (nSPS) is 10.3. The smallest absolute Gasteiger partial charge is 0.243 e. The number of aryl methyl sites for hydroxylation is 2. The van der Waals surface area contributed by atoms with Crippen molar-refractivity contribution in [1.82, 2.24) is 0 Å².